The van der Waals surface area contributed by atoms with Crippen LogP contribution < -0.4 is 14.4 Å². The maximum Gasteiger partial charge on any atom is 0.417 e. The number of hydrogen-bond donors (Lipinski definition) is 0. The normalized spacial score (nSPS) is 14.7. The van der Waals surface area contributed by atoms with Crippen molar-refractivity contribution < 1.29 is 27.4 Å². The lowest BCUT2D eigenvalue weighted by Gasteiger charge is -2.23. The molecule has 1 saturated heterocycles. The molecule has 0 bridgehead atoms. The van der Waals surface area contributed by atoms with Crippen LogP contribution in [0.1, 0.15) is 22.3 Å². The number of carbonyl (C=O) groups is 1. The van der Waals surface area contributed by atoms with E-state index in [-0.39, 0.29) is 5.91 Å². The third-order valence-corrected chi connectivity index (χ3v) is 4.95. The summed E-state index contributed by atoms with van der Waals surface area (Å²) in [4.78, 5) is 20.6. The van der Waals surface area contributed by atoms with Crippen LogP contribution in [0, 0.1) is 0 Å². The average molecular weight is 435 g/mol. The molecule has 2 heterocycles. The number of ether oxygens (including phenoxy) is 2. The van der Waals surface area contributed by atoms with Gasteiger partial charge in [-0.2, -0.15) is 13.2 Å². The summed E-state index contributed by atoms with van der Waals surface area (Å²) in [5.41, 5.74) is -0.304. The van der Waals surface area contributed by atoms with Crippen LogP contribution in [-0.4, -0.2) is 55.7 Å². The number of carbonyl (C=O) groups excluding carboxylic acids is 1. The zero-order valence-electron chi connectivity index (χ0n) is 17.2. The number of pyridine rings is 1. The number of nitrogens with zero attached hydrogens (tertiary/aromatic N) is 3. The van der Waals surface area contributed by atoms with E-state index >= 15 is 0 Å². The lowest BCUT2D eigenvalue weighted by Crippen LogP contribution is -2.35. The highest BCUT2D eigenvalue weighted by Gasteiger charge is 2.31. The maximum absolute atomic E-state index is 13.0. The van der Waals surface area contributed by atoms with Crippen molar-refractivity contribution in [2.24, 2.45) is 0 Å². The highest BCUT2D eigenvalue weighted by atomic mass is 19.4. The van der Waals surface area contributed by atoms with E-state index in [0.717, 1.165) is 12.3 Å². The van der Waals surface area contributed by atoms with Crippen LogP contribution in [0.4, 0.5) is 19.0 Å². The van der Waals surface area contributed by atoms with Gasteiger partial charge in [-0.25, -0.2) is 4.98 Å². The second-order valence-corrected chi connectivity index (χ2v) is 7.00. The summed E-state index contributed by atoms with van der Waals surface area (Å²) in [5.74, 6) is 1.30. The standard InChI is InChI=1S/C22H24F3N3O3/c1-3-13-31-18-7-5-16(14-19(18)30-2)21(29)28-10-4-9-27(11-12-28)20-8-6-17(15-26-20)22(23,24)25/h3,5-8,14-15H,1,4,9-13H2,2H3. The van der Waals surface area contributed by atoms with Crippen molar-refractivity contribution in [1.29, 1.82) is 0 Å². The smallest absolute Gasteiger partial charge is 0.417 e. The van der Waals surface area contributed by atoms with Gasteiger partial charge in [-0.1, -0.05) is 12.7 Å². The molecule has 31 heavy (non-hydrogen) atoms. The third-order valence-electron chi connectivity index (χ3n) is 4.95. The second kappa shape index (κ2) is 9.72. The Hall–Kier alpha value is -3.23. The van der Waals surface area contributed by atoms with Crippen molar-refractivity contribution in [3.8, 4) is 11.5 Å². The summed E-state index contributed by atoms with van der Waals surface area (Å²) in [7, 11) is 1.51. The van der Waals surface area contributed by atoms with E-state index < -0.39 is 11.7 Å². The van der Waals surface area contributed by atoms with Gasteiger partial charge in [0.05, 0.1) is 12.7 Å². The van der Waals surface area contributed by atoms with Gasteiger partial charge in [-0.15, -0.1) is 0 Å². The van der Waals surface area contributed by atoms with Gasteiger partial charge in [0.25, 0.3) is 5.91 Å². The minimum atomic E-state index is -4.42. The zero-order chi connectivity index (χ0) is 22.4. The topological polar surface area (TPSA) is 54.9 Å². The van der Waals surface area contributed by atoms with Gasteiger partial charge in [-0.3, -0.25) is 4.79 Å². The Morgan fingerprint density at radius 2 is 1.97 bits per heavy atom. The summed E-state index contributed by atoms with van der Waals surface area (Å²) in [6, 6.07) is 7.40. The first-order valence-corrected chi connectivity index (χ1v) is 9.82. The van der Waals surface area contributed by atoms with E-state index in [2.05, 4.69) is 11.6 Å². The highest BCUT2D eigenvalue weighted by Crippen LogP contribution is 2.30. The molecule has 2 aromatic rings. The first-order valence-electron chi connectivity index (χ1n) is 9.82. The fourth-order valence-electron chi connectivity index (χ4n) is 3.34. The molecule has 9 heteroatoms. The number of amides is 1. The molecule has 0 aliphatic carbocycles. The molecule has 1 aliphatic heterocycles. The molecule has 1 aromatic heterocycles. The number of hydrogen-bond acceptors (Lipinski definition) is 5. The number of aromatic nitrogens is 1. The SMILES string of the molecule is C=CCOc1ccc(C(=O)N2CCCN(c3ccc(C(F)(F)F)cn3)CC2)cc1OC. The van der Waals surface area contributed by atoms with Gasteiger partial charge in [0.2, 0.25) is 0 Å². The maximum atomic E-state index is 13.0. The van der Waals surface area contributed by atoms with Gasteiger partial charge >= 0.3 is 6.18 Å². The predicted octanol–water partition coefficient (Wildman–Crippen LogP) is 4.03. The average Bonchev–Trinajstić information content (AvgIpc) is 3.03. The number of alkyl halides is 3. The molecule has 166 valence electrons. The number of benzene rings is 1. The molecule has 1 aliphatic rings. The van der Waals surface area contributed by atoms with Crippen molar-refractivity contribution >= 4 is 11.7 Å². The van der Waals surface area contributed by atoms with Crippen molar-refractivity contribution in [3.63, 3.8) is 0 Å². The van der Waals surface area contributed by atoms with Crippen LogP contribution in [0.3, 0.4) is 0 Å². The fraction of sp³-hybridized carbons (Fsp3) is 0.364. The zero-order valence-corrected chi connectivity index (χ0v) is 17.2. The van der Waals surface area contributed by atoms with Gasteiger partial charge in [0.15, 0.2) is 11.5 Å². The van der Waals surface area contributed by atoms with Crippen LogP contribution in [0.2, 0.25) is 0 Å². The Balaban J connectivity index is 1.67. The van der Waals surface area contributed by atoms with Crippen molar-refractivity contribution in [2.75, 3.05) is 44.8 Å². The predicted molar refractivity (Wildman–Crippen MR) is 111 cm³/mol. The summed E-state index contributed by atoms with van der Waals surface area (Å²) in [6.07, 6.45) is -1.29. The molecular formula is C22H24F3N3O3. The number of anilines is 1. The lowest BCUT2D eigenvalue weighted by molar-refractivity contribution is -0.137. The van der Waals surface area contributed by atoms with Gasteiger partial charge < -0.3 is 19.3 Å². The van der Waals surface area contributed by atoms with Gasteiger partial charge in [0, 0.05) is 37.9 Å². The van der Waals surface area contributed by atoms with Crippen LogP contribution in [0.5, 0.6) is 11.5 Å². The minimum Gasteiger partial charge on any atom is -0.493 e. The Morgan fingerprint density at radius 1 is 1.16 bits per heavy atom. The van der Waals surface area contributed by atoms with Crippen LogP contribution in [-0.2, 0) is 6.18 Å². The third kappa shape index (κ3) is 5.48. The summed E-state index contributed by atoms with van der Waals surface area (Å²) in [5, 5.41) is 0. The Labute approximate surface area is 178 Å². The summed E-state index contributed by atoms with van der Waals surface area (Å²) < 4.78 is 49.1. The Bertz CT molecular complexity index is 916. The van der Waals surface area contributed by atoms with Gasteiger partial charge in [-0.05, 0) is 36.8 Å². The van der Waals surface area contributed by atoms with Crippen LogP contribution >= 0.6 is 0 Å². The van der Waals surface area contributed by atoms with Crippen molar-refractivity contribution in [1.82, 2.24) is 9.88 Å². The van der Waals surface area contributed by atoms with Crippen molar-refractivity contribution in [3.05, 3.63) is 60.3 Å². The molecule has 3 rings (SSSR count). The number of rotatable bonds is 6. The van der Waals surface area contributed by atoms with E-state index in [4.69, 9.17) is 9.47 Å². The first kappa shape index (κ1) is 22.5. The molecule has 6 nitrogen and oxygen atoms in total. The number of methoxy groups -OCH3 is 1. The highest BCUT2D eigenvalue weighted by molar-refractivity contribution is 5.95. The van der Waals surface area contributed by atoms with Crippen LogP contribution in [0.15, 0.2) is 49.2 Å². The van der Waals surface area contributed by atoms with E-state index in [9.17, 15) is 18.0 Å². The minimum absolute atomic E-state index is 0.143. The fourth-order valence-corrected chi connectivity index (χ4v) is 3.34. The lowest BCUT2D eigenvalue weighted by atomic mass is 10.1. The molecular weight excluding hydrogens is 411 g/mol. The van der Waals surface area contributed by atoms with Crippen LogP contribution in [0.25, 0.3) is 0 Å². The van der Waals surface area contributed by atoms with Gasteiger partial charge in [0.1, 0.15) is 12.4 Å². The monoisotopic (exact) mass is 435 g/mol. The molecule has 1 fully saturated rings. The molecule has 0 saturated carbocycles. The van der Waals surface area contributed by atoms with Crippen molar-refractivity contribution in [2.45, 2.75) is 12.6 Å². The Morgan fingerprint density at radius 3 is 2.61 bits per heavy atom. The molecule has 0 N–H and O–H groups in total. The summed E-state index contributed by atoms with van der Waals surface area (Å²) >= 11 is 0. The quantitative estimate of drug-likeness (QED) is 0.642. The van der Waals surface area contributed by atoms with E-state index in [1.165, 1.54) is 13.2 Å². The first-order chi connectivity index (χ1) is 14.8. The largest absolute Gasteiger partial charge is 0.493 e. The molecule has 0 unspecified atom stereocenters. The molecule has 0 radical (unpaired) electrons. The molecule has 0 atom stereocenters. The molecule has 1 aromatic carbocycles. The Kier molecular flexibility index (Phi) is 7.04. The number of halogens is 3. The molecule has 0 spiro atoms. The van der Waals surface area contributed by atoms with E-state index in [0.29, 0.717) is 62.1 Å². The summed E-state index contributed by atoms with van der Waals surface area (Å²) in [6.45, 7) is 5.96. The van der Waals surface area contributed by atoms with E-state index in [1.807, 2.05) is 4.90 Å². The van der Waals surface area contributed by atoms with E-state index in [1.54, 1.807) is 29.2 Å². The second-order valence-electron chi connectivity index (χ2n) is 7.00. The molecule has 1 amide bonds.